The maximum atomic E-state index is 11.1. The molecule has 0 spiro atoms. The van der Waals surface area contributed by atoms with Crippen LogP contribution in [0.5, 0.6) is 0 Å². The van der Waals surface area contributed by atoms with Crippen molar-refractivity contribution in [3.8, 4) is 0 Å². The van der Waals surface area contributed by atoms with Gasteiger partial charge in [0, 0.05) is 24.2 Å². The standard InChI is InChI=1S/C17H21N3O4/c1-2-23-17(21)13-22-10-11-24-19-16(12-20-9-8-18-14-20)15-6-4-3-5-7-15/h3-9,12,14,19H,2,10-11,13H2,1H3. The van der Waals surface area contributed by atoms with Gasteiger partial charge in [-0.25, -0.2) is 9.78 Å². The van der Waals surface area contributed by atoms with Gasteiger partial charge in [-0.3, -0.25) is 10.3 Å². The van der Waals surface area contributed by atoms with Crippen molar-refractivity contribution >= 4 is 17.9 Å². The van der Waals surface area contributed by atoms with Crippen LogP contribution in [-0.4, -0.2) is 41.9 Å². The second kappa shape index (κ2) is 10.2. The minimum atomic E-state index is -0.379. The molecule has 2 rings (SSSR count). The average Bonchev–Trinajstić information content (AvgIpc) is 3.11. The molecule has 24 heavy (non-hydrogen) atoms. The Morgan fingerprint density at radius 3 is 2.83 bits per heavy atom. The monoisotopic (exact) mass is 331 g/mol. The van der Waals surface area contributed by atoms with Crippen LogP contribution in [0.15, 0.2) is 49.1 Å². The summed E-state index contributed by atoms with van der Waals surface area (Å²) >= 11 is 0. The van der Waals surface area contributed by atoms with Crippen molar-refractivity contribution in [3.05, 3.63) is 54.6 Å². The number of benzene rings is 1. The summed E-state index contributed by atoms with van der Waals surface area (Å²) < 4.78 is 11.7. The Morgan fingerprint density at radius 2 is 2.12 bits per heavy atom. The molecule has 0 aliphatic rings. The first-order chi connectivity index (χ1) is 11.8. The van der Waals surface area contributed by atoms with Crippen LogP contribution in [0.4, 0.5) is 0 Å². The molecule has 128 valence electrons. The molecule has 0 saturated heterocycles. The van der Waals surface area contributed by atoms with Crippen molar-refractivity contribution < 1.29 is 19.1 Å². The number of carbonyl (C=O) groups excluding carboxylic acids is 1. The molecule has 0 atom stereocenters. The molecule has 0 aliphatic carbocycles. The highest BCUT2D eigenvalue weighted by Crippen LogP contribution is 2.12. The van der Waals surface area contributed by atoms with E-state index < -0.39 is 0 Å². The van der Waals surface area contributed by atoms with E-state index in [-0.39, 0.29) is 25.8 Å². The van der Waals surface area contributed by atoms with E-state index in [1.165, 1.54) is 0 Å². The third-order valence-electron chi connectivity index (χ3n) is 2.92. The van der Waals surface area contributed by atoms with Crippen molar-refractivity contribution in [1.29, 1.82) is 0 Å². The van der Waals surface area contributed by atoms with E-state index in [2.05, 4.69) is 10.5 Å². The number of nitrogens with one attached hydrogen (secondary N) is 1. The molecule has 0 aliphatic heterocycles. The van der Waals surface area contributed by atoms with Gasteiger partial charge in [-0.2, -0.15) is 0 Å². The van der Waals surface area contributed by atoms with Gasteiger partial charge in [0.2, 0.25) is 0 Å². The predicted molar refractivity (Wildman–Crippen MR) is 89.4 cm³/mol. The number of hydroxylamine groups is 1. The lowest BCUT2D eigenvalue weighted by atomic mass is 10.2. The highest BCUT2D eigenvalue weighted by atomic mass is 16.7. The third kappa shape index (κ3) is 6.23. The van der Waals surface area contributed by atoms with E-state index in [1.54, 1.807) is 19.4 Å². The summed E-state index contributed by atoms with van der Waals surface area (Å²) in [4.78, 5) is 20.5. The zero-order valence-electron chi connectivity index (χ0n) is 13.6. The second-order valence-corrected chi connectivity index (χ2v) is 4.73. The van der Waals surface area contributed by atoms with Gasteiger partial charge >= 0.3 is 5.97 Å². The molecule has 0 saturated carbocycles. The van der Waals surface area contributed by atoms with Crippen LogP contribution in [0.1, 0.15) is 12.5 Å². The lowest BCUT2D eigenvalue weighted by Gasteiger charge is -2.12. The Kier molecular flexibility index (Phi) is 7.52. The molecule has 7 nitrogen and oxygen atoms in total. The number of carbonyl (C=O) groups is 1. The number of aromatic nitrogens is 2. The number of ether oxygens (including phenoxy) is 2. The number of hydrogen-bond donors (Lipinski definition) is 1. The van der Waals surface area contributed by atoms with Gasteiger partial charge in [-0.15, -0.1) is 0 Å². The molecule has 1 heterocycles. The van der Waals surface area contributed by atoms with Crippen LogP contribution in [0.2, 0.25) is 0 Å². The summed E-state index contributed by atoms with van der Waals surface area (Å²) in [5.74, 6) is -0.379. The van der Waals surface area contributed by atoms with Crippen LogP contribution < -0.4 is 5.48 Å². The normalized spacial score (nSPS) is 11.3. The van der Waals surface area contributed by atoms with Gasteiger partial charge in [0.25, 0.3) is 0 Å². The number of imidazole rings is 1. The summed E-state index contributed by atoms with van der Waals surface area (Å²) in [5, 5.41) is 0. The van der Waals surface area contributed by atoms with E-state index in [0.29, 0.717) is 6.61 Å². The Labute approximate surface area is 140 Å². The minimum absolute atomic E-state index is 0.0758. The van der Waals surface area contributed by atoms with Crippen molar-refractivity contribution in [1.82, 2.24) is 15.0 Å². The molecular weight excluding hydrogens is 310 g/mol. The average molecular weight is 331 g/mol. The second-order valence-electron chi connectivity index (χ2n) is 4.73. The number of nitrogens with zero attached hydrogens (tertiary/aromatic N) is 2. The van der Waals surface area contributed by atoms with Crippen LogP contribution in [-0.2, 0) is 19.1 Å². The number of rotatable bonds is 10. The first-order valence-corrected chi connectivity index (χ1v) is 7.65. The van der Waals surface area contributed by atoms with Gasteiger partial charge in [0.15, 0.2) is 0 Å². The molecule has 0 amide bonds. The molecular formula is C17H21N3O4. The van der Waals surface area contributed by atoms with E-state index in [0.717, 1.165) is 11.3 Å². The largest absolute Gasteiger partial charge is 0.464 e. The summed E-state index contributed by atoms with van der Waals surface area (Å²) in [7, 11) is 0. The van der Waals surface area contributed by atoms with Crippen molar-refractivity contribution in [2.75, 3.05) is 26.4 Å². The van der Waals surface area contributed by atoms with Crippen LogP contribution >= 0.6 is 0 Å². The first-order valence-electron chi connectivity index (χ1n) is 7.65. The molecule has 0 fully saturated rings. The molecule has 0 radical (unpaired) electrons. The number of esters is 1. The fourth-order valence-electron chi connectivity index (χ4n) is 1.86. The summed E-state index contributed by atoms with van der Waals surface area (Å²) in [5.41, 5.74) is 4.65. The fourth-order valence-corrected chi connectivity index (χ4v) is 1.86. The zero-order chi connectivity index (χ0) is 17.0. The Balaban J connectivity index is 1.81. The Morgan fingerprint density at radius 1 is 1.29 bits per heavy atom. The lowest BCUT2D eigenvalue weighted by molar-refractivity contribution is -0.149. The van der Waals surface area contributed by atoms with E-state index in [9.17, 15) is 4.79 Å². The van der Waals surface area contributed by atoms with Gasteiger partial charge in [-0.05, 0) is 6.92 Å². The lowest BCUT2D eigenvalue weighted by Crippen LogP contribution is -2.19. The number of hydrogen-bond acceptors (Lipinski definition) is 6. The smallest absolute Gasteiger partial charge is 0.332 e. The van der Waals surface area contributed by atoms with Gasteiger partial charge < -0.3 is 14.0 Å². The van der Waals surface area contributed by atoms with Crippen molar-refractivity contribution in [2.24, 2.45) is 0 Å². The summed E-state index contributed by atoms with van der Waals surface area (Å²) in [6, 6.07) is 9.78. The topological polar surface area (TPSA) is 74.6 Å². The molecule has 7 heteroatoms. The van der Waals surface area contributed by atoms with Gasteiger partial charge in [-0.1, -0.05) is 30.3 Å². The molecule has 1 aromatic carbocycles. The zero-order valence-corrected chi connectivity index (χ0v) is 13.6. The van der Waals surface area contributed by atoms with E-state index in [1.807, 2.05) is 47.3 Å². The minimum Gasteiger partial charge on any atom is -0.464 e. The summed E-state index contributed by atoms with van der Waals surface area (Å²) in [6.45, 7) is 2.59. The highest BCUT2D eigenvalue weighted by molar-refractivity contribution is 5.73. The Bertz CT molecular complexity index is 627. The van der Waals surface area contributed by atoms with E-state index in [4.69, 9.17) is 14.3 Å². The quantitative estimate of drug-likeness (QED) is 0.407. The van der Waals surface area contributed by atoms with Crippen molar-refractivity contribution in [3.63, 3.8) is 0 Å². The Hall–Kier alpha value is -2.64. The highest BCUT2D eigenvalue weighted by Gasteiger charge is 2.03. The van der Waals surface area contributed by atoms with E-state index >= 15 is 0 Å². The fraction of sp³-hybridized carbons (Fsp3) is 0.294. The maximum absolute atomic E-state index is 11.1. The molecule has 0 bridgehead atoms. The van der Waals surface area contributed by atoms with Crippen molar-refractivity contribution in [2.45, 2.75) is 6.92 Å². The van der Waals surface area contributed by atoms with Gasteiger partial charge in [0.1, 0.15) is 6.61 Å². The van der Waals surface area contributed by atoms with Crippen LogP contribution in [0.3, 0.4) is 0 Å². The van der Waals surface area contributed by atoms with Crippen LogP contribution in [0, 0.1) is 0 Å². The summed E-state index contributed by atoms with van der Waals surface area (Å²) in [6.07, 6.45) is 7.07. The van der Waals surface area contributed by atoms with Crippen LogP contribution in [0.25, 0.3) is 11.9 Å². The predicted octanol–water partition coefficient (Wildman–Crippen LogP) is 1.94. The third-order valence-corrected chi connectivity index (χ3v) is 2.92. The molecule has 1 N–H and O–H groups in total. The molecule has 1 aromatic heterocycles. The molecule has 0 unspecified atom stereocenters. The molecule has 2 aromatic rings. The first kappa shape index (κ1) is 17.7. The van der Waals surface area contributed by atoms with Gasteiger partial charge in [0.05, 0.1) is 31.8 Å². The maximum Gasteiger partial charge on any atom is 0.332 e. The SMILES string of the molecule is CCOC(=O)COCCONC(=Cn1ccnc1)c1ccccc1.